The molecule has 168 valence electrons. The van der Waals surface area contributed by atoms with Gasteiger partial charge in [0.1, 0.15) is 11.6 Å². The maximum Gasteiger partial charge on any atom is 0.309 e. The molecule has 1 aliphatic carbocycles. The number of hydrogen-bond donors (Lipinski definition) is 3. The van der Waals surface area contributed by atoms with Crippen LogP contribution < -0.4 is 10.3 Å². The highest BCUT2D eigenvalue weighted by Gasteiger charge is 2.44. The minimum atomic E-state index is -0.715. The van der Waals surface area contributed by atoms with Gasteiger partial charge in [0.25, 0.3) is 5.56 Å². The maximum atomic E-state index is 12.3. The smallest absolute Gasteiger partial charge is 0.309 e. The van der Waals surface area contributed by atoms with Crippen molar-refractivity contribution >= 4 is 17.1 Å². The number of benzene rings is 2. The van der Waals surface area contributed by atoms with Crippen molar-refractivity contribution < 1.29 is 14.6 Å². The van der Waals surface area contributed by atoms with Crippen molar-refractivity contribution in [3.63, 3.8) is 0 Å². The van der Waals surface area contributed by atoms with Crippen LogP contribution in [-0.4, -0.2) is 43.1 Å². The van der Waals surface area contributed by atoms with E-state index in [0.717, 1.165) is 36.0 Å². The van der Waals surface area contributed by atoms with Crippen LogP contribution in [0, 0.1) is 5.41 Å². The van der Waals surface area contributed by atoms with Crippen molar-refractivity contribution in [2.45, 2.75) is 32.6 Å². The fourth-order valence-corrected chi connectivity index (χ4v) is 4.38. The van der Waals surface area contributed by atoms with E-state index in [1.165, 1.54) is 0 Å². The van der Waals surface area contributed by atoms with E-state index in [1.54, 1.807) is 0 Å². The van der Waals surface area contributed by atoms with Crippen LogP contribution in [0.25, 0.3) is 33.7 Å². The maximum absolute atomic E-state index is 12.3. The standard InChI is InChI=1S/C24H23N5O4/c1-2-33-18-12-16(7-8-17(18)20-25-21-19(22(30)26-20)27-29-28-21)15-6-3-5-14(11-15)13-24(23(31)32)9-4-10-24/h3,5-8,11-12H,2,4,9-10,13H2,1H3,(H,31,32)(H2,25,26,27,28,29,30). The van der Waals surface area contributed by atoms with Gasteiger partial charge in [-0.25, -0.2) is 10.1 Å². The van der Waals surface area contributed by atoms with E-state index in [1.807, 2.05) is 49.4 Å². The molecular weight excluding hydrogens is 422 g/mol. The van der Waals surface area contributed by atoms with E-state index in [0.29, 0.717) is 35.8 Å². The molecule has 1 saturated carbocycles. The molecule has 33 heavy (non-hydrogen) atoms. The fraction of sp³-hybridized carbons (Fsp3) is 0.292. The zero-order valence-electron chi connectivity index (χ0n) is 18.1. The van der Waals surface area contributed by atoms with Crippen LogP contribution in [0.5, 0.6) is 5.75 Å². The lowest BCUT2D eigenvalue weighted by atomic mass is 9.65. The van der Waals surface area contributed by atoms with E-state index in [-0.39, 0.29) is 11.1 Å². The Morgan fingerprint density at radius 1 is 1.18 bits per heavy atom. The van der Waals surface area contributed by atoms with Gasteiger partial charge in [-0.15, -0.1) is 5.10 Å². The largest absolute Gasteiger partial charge is 0.493 e. The highest BCUT2D eigenvalue weighted by Crippen LogP contribution is 2.44. The van der Waals surface area contributed by atoms with Gasteiger partial charge in [0.15, 0.2) is 11.2 Å². The lowest BCUT2D eigenvalue weighted by molar-refractivity contribution is -0.154. The predicted octanol–water partition coefficient (Wildman–Crippen LogP) is 3.57. The van der Waals surface area contributed by atoms with Gasteiger partial charge < -0.3 is 14.8 Å². The van der Waals surface area contributed by atoms with Gasteiger partial charge in [-0.3, -0.25) is 9.59 Å². The molecule has 0 unspecified atom stereocenters. The first-order valence-corrected chi connectivity index (χ1v) is 10.9. The number of H-pyrrole nitrogens is 2. The number of carbonyl (C=O) groups is 1. The van der Waals surface area contributed by atoms with Crippen LogP contribution in [0.2, 0.25) is 0 Å². The van der Waals surface area contributed by atoms with Gasteiger partial charge >= 0.3 is 5.97 Å². The average Bonchev–Trinajstić information content (AvgIpc) is 3.26. The highest BCUT2D eigenvalue weighted by molar-refractivity contribution is 5.78. The summed E-state index contributed by atoms with van der Waals surface area (Å²) in [6.45, 7) is 2.33. The zero-order chi connectivity index (χ0) is 23.0. The average molecular weight is 445 g/mol. The van der Waals surface area contributed by atoms with Crippen molar-refractivity contribution in [3.05, 3.63) is 58.4 Å². The second-order valence-electron chi connectivity index (χ2n) is 8.38. The monoisotopic (exact) mass is 445 g/mol. The number of nitrogens with one attached hydrogen (secondary N) is 2. The highest BCUT2D eigenvalue weighted by atomic mass is 16.5. The molecule has 0 spiro atoms. The summed E-state index contributed by atoms with van der Waals surface area (Å²) in [5.41, 5.74) is 2.96. The van der Waals surface area contributed by atoms with Crippen molar-refractivity contribution in [2.24, 2.45) is 5.41 Å². The number of aromatic nitrogens is 5. The van der Waals surface area contributed by atoms with Gasteiger partial charge in [0, 0.05) is 0 Å². The third kappa shape index (κ3) is 3.75. The predicted molar refractivity (Wildman–Crippen MR) is 122 cm³/mol. The number of carboxylic acids is 1. The quantitative estimate of drug-likeness (QED) is 0.396. The summed E-state index contributed by atoms with van der Waals surface area (Å²) in [6, 6.07) is 13.6. The Morgan fingerprint density at radius 3 is 2.73 bits per heavy atom. The van der Waals surface area contributed by atoms with Crippen molar-refractivity contribution in [2.75, 3.05) is 6.61 Å². The first-order chi connectivity index (χ1) is 16.0. The molecule has 2 aromatic heterocycles. The number of carboxylic acid groups (broad SMARTS) is 1. The number of aromatic amines is 2. The molecule has 4 aromatic rings. The molecule has 0 radical (unpaired) electrons. The van der Waals surface area contributed by atoms with Crippen LogP contribution in [0.3, 0.4) is 0 Å². The summed E-state index contributed by atoms with van der Waals surface area (Å²) in [4.78, 5) is 31.3. The zero-order valence-corrected chi connectivity index (χ0v) is 18.1. The molecule has 2 aromatic carbocycles. The lowest BCUT2D eigenvalue weighted by Crippen LogP contribution is -2.39. The number of nitrogens with zero attached hydrogens (tertiary/aromatic N) is 3. The Kier molecular flexibility index (Phi) is 5.16. The molecule has 0 atom stereocenters. The summed E-state index contributed by atoms with van der Waals surface area (Å²) >= 11 is 0. The Hall–Kier alpha value is -4.01. The summed E-state index contributed by atoms with van der Waals surface area (Å²) in [6.07, 6.45) is 2.92. The molecule has 1 fully saturated rings. The molecule has 0 aliphatic heterocycles. The molecule has 0 amide bonds. The van der Waals surface area contributed by atoms with E-state index >= 15 is 0 Å². The van der Waals surface area contributed by atoms with Crippen molar-refractivity contribution in [1.82, 2.24) is 25.4 Å². The minimum Gasteiger partial charge on any atom is -0.493 e. The van der Waals surface area contributed by atoms with Gasteiger partial charge in [0.05, 0.1) is 17.6 Å². The number of hydrogen-bond acceptors (Lipinski definition) is 6. The summed E-state index contributed by atoms with van der Waals surface area (Å²) in [5, 5.41) is 19.7. The number of fused-ring (bicyclic) bond motifs is 1. The Bertz CT molecular complexity index is 1400. The molecule has 0 bridgehead atoms. The first kappa shape index (κ1) is 20.9. The van der Waals surface area contributed by atoms with Crippen LogP contribution in [-0.2, 0) is 11.2 Å². The molecule has 9 heteroatoms. The van der Waals surface area contributed by atoms with Crippen LogP contribution in [0.1, 0.15) is 31.7 Å². The van der Waals surface area contributed by atoms with E-state index in [4.69, 9.17) is 4.74 Å². The molecule has 0 saturated heterocycles. The SMILES string of the molecule is CCOc1cc(-c2cccc(CC3(C(=O)O)CCC3)c2)ccc1-c1nc2[nH]nnc2c(=O)[nH]1. The molecule has 1 aliphatic rings. The number of aliphatic carboxylic acids is 1. The topological polar surface area (TPSA) is 134 Å². The molecule has 9 nitrogen and oxygen atoms in total. The molecular formula is C24H23N5O4. The molecule has 3 N–H and O–H groups in total. The first-order valence-electron chi connectivity index (χ1n) is 10.9. The molecule has 2 heterocycles. The van der Waals surface area contributed by atoms with Gasteiger partial charge in [0.2, 0.25) is 0 Å². The fourth-order valence-electron chi connectivity index (χ4n) is 4.38. The van der Waals surface area contributed by atoms with Crippen LogP contribution in [0.15, 0.2) is 47.3 Å². The molecule has 5 rings (SSSR count). The second kappa shape index (κ2) is 8.16. The second-order valence-corrected chi connectivity index (χ2v) is 8.38. The van der Waals surface area contributed by atoms with Gasteiger partial charge in [-0.05, 0) is 55.0 Å². The van der Waals surface area contributed by atoms with Crippen molar-refractivity contribution in [3.8, 4) is 28.3 Å². The summed E-state index contributed by atoms with van der Waals surface area (Å²) in [7, 11) is 0. The lowest BCUT2D eigenvalue weighted by Gasteiger charge is -2.37. The van der Waals surface area contributed by atoms with E-state index in [9.17, 15) is 14.7 Å². The third-order valence-electron chi connectivity index (χ3n) is 6.30. The van der Waals surface area contributed by atoms with Crippen LogP contribution in [0.4, 0.5) is 0 Å². The summed E-state index contributed by atoms with van der Waals surface area (Å²) < 4.78 is 5.87. The van der Waals surface area contributed by atoms with Gasteiger partial charge in [-0.1, -0.05) is 42.0 Å². The number of ether oxygens (including phenoxy) is 1. The Morgan fingerprint density at radius 2 is 2.00 bits per heavy atom. The Labute approximate surface area is 188 Å². The third-order valence-corrected chi connectivity index (χ3v) is 6.30. The van der Waals surface area contributed by atoms with E-state index in [2.05, 4.69) is 25.4 Å². The van der Waals surface area contributed by atoms with Crippen LogP contribution >= 0.6 is 0 Å². The Balaban J connectivity index is 1.51. The summed E-state index contributed by atoms with van der Waals surface area (Å²) in [5.74, 6) is 0.222. The normalized spacial score (nSPS) is 14.7. The van der Waals surface area contributed by atoms with E-state index < -0.39 is 11.4 Å². The number of rotatable bonds is 7. The van der Waals surface area contributed by atoms with Crippen molar-refractivity contribution in [1.29, 1.82) is 0 Å². The minimum absolute atomic E-state index is 0.149. The van der Waals surface area contributed by atoms with Gasteiger partial charge in [-0.2, -0.15) is 0 Å².